The van der Waals surface area contributed by atoms with Gasteiger partial charge in [-0.25, -0.2) is 0 Å². The number of allylic oxidation sites excluding steroid dienone is 1. The van der Waals surface area contributed by atoms with Gasteiger partial charge in [0.25, 0.3) is 0 Å². The number of ether oxygens (including phenoxy) is 1. The number of quaternary nitrogens is 1. The first-order valence-electron chi connectivity index (χ1n) is 8.75. The summed E-state index contributed by atoms with van der Waals surface area (Å²) in [7, 11) is 1.66. The van der Waals surface area contributed by atoms with Crippen molar-refractivity contribution >= 4 is 10.9 Å². The van der Waals surface area contributed by atoms with Crippen molar-refractivity contribution < 1.29 is 14.7 Å². The summed E-state index contributed by atoms with van der Waals surface area (Å²) in [6, 6.07) is 8.03. The third kappa shape index (κ3) is 2.41. The maximum atomic E-state index is 11.2. The highest BCUT2D eigenvalue weighted by atomic mass is 16.5. The lowest BCUT2D eigenvalue weighted by Gasteiger charge is -2.50. The van der Waals surface area contributed by atoms with Crippen LogP contribution in [0.2, 0.25) is 0 Å². The third-order valence-corrected chi connectivity index (χ3v) is 6.15. The lowest BCUT2D eigenvalue weighted by atomic mass is 9.67. The minimum Gasteiger partial charge on any atom is -0.497 e. The molecular formula is C20H25N2O2+. The second-order valence-corrected chi connectivity index (χ2v) is 7.26. The van der Waals surface area contributed by atoms with Gasteiger partial charge in [-0.1, -0.05) is 6.08 Å². The second-order valence-electron chi connectivity index (χ2n) is 7.26. The van der Waals surface area contributed by atoms with Crippen LogP contribution in [0.5, 0.6) is 5.75 Å². The van der Waals surface area contributed by atoms with E-state index in [4.69, 9.17) is 4.74 Å². The zero-order valence-electron chi connectivity index (χ0n) is 14.2. The van der Waals surface area contributed by atoms with E-state index in [1.165, 1.54) is 17.7 Å². The Labute approximate surface area is 142 Å². The molecule has 4 nitrogen and oxygen atoms in total. The Kier molecular flexibility index (Phi) is 3.82. The van der Waals surface area contributed by atoms with E-state index < -0.39 is 6.10 Å². The van der Waals surface area contributed by atoms with E-state index >= 15 is 0 Å². The minimum absolute atomic E-state index is 0.216. The molecule has 24 heavy (non-hydrogen) atoms. The number of nitrogens with one attached hydrogen (secondary N) is 1. The summed E-state index contributed by atoms with van der Waals surface area (Å²) >= 11 is 0. The van der Waals surface area contributed by atoms with Crippen LogP contribution in [0.4, 0.5) is 0 Å². The molecule has 2 atom stereocenters. The molecule has 1 aromatic heterocycles. The summed E-state index contributed by atoms with van der Waals surface area (Å²) in [5.74, 6) is 0.796. The fourth-order valence-electron chi connectivity index (χ4n) is 4.60. The molecule has 2 bridgehead atoms. The van der Waals surface area contributed by atoms with E-state index in [0.717, 1.165) is 41.7 Å². The number of rotatable bonds is 4. The van der Waals surface area contributed by atoms with E-state index in [1.54, 1.807) is 13.3 Å². The average Bonchev–Trinajstić information content (AvgIpc) is 2.67. The van der Waals surface area contributed by atoms with Crippen LogP contribution in [0, 0.1) is 5.41 Å². The van der Waals surface area contributed by atoms with Crippen molar-refractivity contribution in [1.29, 1.82) is 0 Å². The van der Waals surface area contributed by atoms with Gasteiger partial charge in [-0.3, -0.25) is 4.98 Å². The molecule has 2 aromatic rings. The topological polar surface area (TPSA) is 46.8 Å². The molecule has 1 aromatic carbocycles. The third-order valence-electron chi connectivity index (χ3n) is 6.15. The fourth-order valence-corrected chi connectivity index (χ4v) is 4.60. The Balaban J connectivity index is 1.73. The largest absolute Gasteiger partial charge is 0.497 e. The van der Waals surface area contributed by atoms with Gasteiger partial charge in [0, 0.05) is 36.3 Å². The van der Waals surface area contributed by atoms with Gasteiger partial charge in [0.1, 0.15) is 17.9 Å². The van der Waals surface area contributed by atoms with Gasteiger partial charge in [-0.15, -0.1) is 6.58 Å². The van der Waals surface area contributed by atoms with E-state index in [0.29, 0.717) is 0 Å². The summed E-state index contributed by atoms with van der Waals surface area (Å²) in [4.78, 5) is 5.96. The minimum atomic E-state index is -0.488. The molecule has 2 N–H and O–H groups in total. The highest BCUT2D eigenvalue weighted by Gasteiger charge is 2.48. The lowest BCUT2D eigenvalue weighted by molar-refractivity contribution is -0.948. The van der Waals surface area contributed by atoms with Crippen LogP contribution >= 0.6 is 0 Å². The van der Waals surface area contributed by atoms with Crippen molar-refractivity contribution in [3.8, 4) is 5.75 Å². The van der Waals surface area contributed by atoms with E-state index in [9.17, 15) is 5.11 Å². The molecule has 4 heterocycles. The summed E-state index contributed by atoms with van der Waals surface area (Å²) in [6.45, 7) is 6.32. The SMILES string of the molecule is C=CC12CC[NH+](CC1)[C@@H]([C@H](O)c1ccnc3ccc(OC)cc13)C2. The monoisotopic (exact) mass is 325 g/mol. The predicted molar refractivity (Wildman–Crippen MR) is 94.2 cm³/mol. The van der Waals surface area contributed by atoms with Crippen molar-refractivity contribution in [3.63, 3.8) is 0 Å². The van der Waals surface area contributed by atoms with E-state index in [-0.39, 0.29) is 11.5 Å². The smallest absolute Gasteiger partial charge is 0.131 e. The van der Waals surface area contributed by atoms with E-state index in [1.807, 2.05) is 24.3 Å². The molecule has 3 aliphatic heterocycles. The maximum Gasteiger partial charge on any atom is 0.131 e. The number of aliphatic hydroxyl groups excluding tert-OH is 1. The van der Waals surface area contributed by atoms with Crippen molar-refractivity contribution in [2.45, 2.75) is 31.4 Å². The van der Waals surface area contributed by atoms with E-state index in [2.05, 4.69) is 17.6 Å². The normalized spacial score (nSPS) is 30.2. The molecule has 3 fully saturated rings. The molecule has 0 radical (unpaired) electrons. The number of fused-ring (bicyclic) bond motifs is 4. The molecule has 0 saturated carbocycles. The first-order valence-corrected chi connectivity index (χ1v) is 8.75. The number of nitrogens with zero attached hydrogens (tertiary/aromatic N) is 1. The Bertz CT molecular complexity index is 765. The van der Waals surface area contributed by atoms with Gasteiger partial charge < -0.3 is 14.7 Å². The van der Waals surface area contributed by atoms with Crippen LogP contribution in [-0.2, 0) is 0 Å². The van der Waals surface area contributed by atoms with Crippen LogP contribution < -0.4 is 9.64 Å². The first-order chi connectivity index (χ1) is 11.7. The fraction of sp³-hybridized carbons (Fsp3) is 0.450. The predicted octanol–water partition coefficient (Wildman–Crippen LogP) is 1.90. The summed E-state index contributed by atoms with van der Waals surface area (Å²) in [5, 5.41) is 12.2. The number of aromatic nitrogens is 1. The molecule has 5 rings (SSSR count). The molecular weight excluding hydrogens is 300 g/mol. The van der Waals surface area contributed by atoms with Gasteiger partial charge in [0.2, 0.25) is 0 Å². The first kappa shape index (κ1) is 15.6. The Morgan fingerprint density at radius 1 is 1.38 bits per heavy atom. The Morgan fingerprint density at radius 2 is 2.17 bits per heavy atom. The number of aliphatic hydroxyl groups is 1. The van der Waals surface area contributed by atoms with Crippen LogP contribution in [0.15, 0.2) is 43.1 Å². The van der Waals surface area contributed by atoms with Crippen LogP contribution in [0.3, 0.4) is 0 Å². The number of benzene rings is 1. The summed E-state index contributed by atoms with van der Waals surface area (Å²) in [5.41, 5.74) is 2.08. The highest BCUT2D eigenvalue weighted by molar-refractivity contribution is 5.83. The van der Waals surface area contributed by atoms with Crippen molar-refractivity contribution in [3.05, 3.63) is 48.7 Å². The zero-order valence-corrected chi connectivity index (χ0v) is 14.2. The molecule has 126 valence electrons. The van der Waals surface area contributed by atoms with Crippen LogP contribution in [0.25, 0.3) is 10.9 Å². The lowest BCUT2D eigenvalue weighted by Crippen LogP contribution is -3.19. The summed E-state index contributed by atoms with van der Waals surface area (Å²) in [6.07, 6.45) is 6.84. The number of methoxy groups -OCH3 is 1. The second kappa shape index (κ2) is 5.87. The van der Waals surface area contributed by atoms with Gasteiger partial charge in [0.15, 0.2) is 0 Å². The number of hydrogen-bond acceptors (Lipinski definition) is 3. The summed E-state index contributed by atoms with van der Waals surface area (Å²) < 4.78 is 5.36. The molecule has 4 heteroatoms. The van der Waals surface area contributed by atoms with Crippen LogP contribution in [-0.4, -0.2) is 36.3 Å². The molecule has 0 amide bonds. The maximum absolute atomic E-state index is 11.2. The quantitative estimate of drug-likeness (QED) is 0.844. The van der Waals surface area contributed by atoms with Crippen molar-refractivity contribution in [1.82, 2.24) is 4.98 Å². The van der Waals surface area contributed by atoms with Gasteiger partial charge in [-0.2, -0.15) is 0 Å². The molecule has 0 spiro atoms. The van der Waals surface area contributed by atoms with Gasteiger partial charge in [-0.05, 0) is 29.8 Å². The van der Waals surface area contributed by atoms with Gasteiger partial charge >= 0.3 is 0 Å². The van der Waals surface area contributed by atoms with Gasteiger partial charge in [0.05, 0.1) is 25.7 Å². The van der Waals surface area contributed by atoms with Crippen molar-refractivity contribution in [2.75, 3.05) is 20.2 Å². The molecule has 3 saturated heterocycles. The molecule has 3 aliphatic rings. The number of pyridine rings is 1. The average molecular weight is 325 g/mol. The number of hydrogen-bond donors (Lipinski definition) is 2. The highest BCUT2D eigenvalue weighted by Crippen LogP contribution is 2.40. The van der Waals surface area contributed by atoms with Crippen molar-refractivity contribution in [2.24, 2.45) is 5.41 Å². The number of piperidine rings is 3. The Hall–Kier alpha value is -1.91. The molecule has 0 aliphatic carbocycles. The standard InChI is InChI=1S/C20H24N2O2/c1-3-20-7-10-22(11-8-20)18(13-20)19(23)15-6-9-21-17-5-4-14(24-2)12-16(15)17/h3-6,9,12,18-19,23H,1,7-8,10-11,13H2,2H3/p+1/t18-,19-/m1/s1. The zero-order chi connectivity index (χ0) is 16.7. The Morgan fingerprint density at radius 3 is 2.88 bits per heavy atom. The molecule has 0 unspecified atom stereocenters. The van der Waals surface area contributed by atoms with Crippen LogP contribution in [0.1, 0.15) is 30.9 Å².